The van der Waals surface area contributed by atoms with E-state index in [9.17, 15) is 27.2 Å². The Kier molecular flexibility index (Phi) is 6.04. The standard InChI is InChI=1S/C14H14F4O4/c1-3-22-13(20)12(19)11-8(6-7-21-2)10(15)5-4-9(11)14(16,17)18/h4-5H,3,6-7H2,1-2H3. The minimum Gasteiger partial charge on any atom is -0.460 e. The van der Waals surface area contributed by atoms with E-state index in [1.807, 2.05) is 0 Å². The Balaban J connectivity index is 3.49. The lowest BCUT2D eigenvalue weighted by Crippen LogP contribution is -2.24. The van der Waals surface area contributed by atoms with Gasteiger partial charge in [-0.2, -0.15) is 13.2 Å². The Morgan fingerprint density at radius 2 is 1.86 bits per heavy atom. The minimum absolute atomic E-state index is 0.110. The van der Waals surface area contributed by atoms with Crippen LogP contribution in [-0.2, 0) is 26.9 Å². The summed E-state index contributed by atoms with van der Waals surface area (Å²) in [5.41, 5.74) is -2.92. The fourth-order valence-corrected chi connectivity index (χ4v) is 1.87. The fraction of sp³-hybridized carbons (Fsp3) is 0.429. The smallest absolute Gasteiger partial charge is 0.417 e. The van der Waals surface area contributed by atoms with Gasteiger partial charge < -0.3 is 9.47 Å². The van der Waals surface area contributed by atoms with Crippen molar-refractivity contribution in [2.75, 3.05) is 20.3 Å². The lowest BCUT2D eigenvalue weighted by molar-refractivity contribution is -0.139. The number of rotatable bonds is 6. The van der Waals surface area contributed by atoms with Gasteiger partial charge in [0.05, 0.1) is 18.8 Å². The largest absolute Gasteiger partial charge is 0.460 e. The van der Waals surface area contributed by atoms with Crippen molar-refractivity contribution in [3.8, 4) is 0 Å². The Bertz CT molecular complexity index is 567. The molecule has 0 aliphatic rings. The number of ketones is 1. The van der Waals surface area contributed by atoms with Gasteiger partial charge in [-0.1, -0.05) is 0 Å². The number of halogens is 4. The van der Waals surface area contributed by atoms with Gasteiger partial charge in [-0.3, -0.25) is 4.79 Å². The second-order valence-corrected chi connectivity index (χ2v) is 4.24. The molecule has 8 heteroatoms. The molecular formula is C14H14F4O4. The van der Waals surface area contributed by atoms with Crippen molar-refractivity contribution in [1.29, 1.82) is 0 Å². The zero-order chi connectivity index (χ0) is 16.9. The number of hydrogen-bond donors (Lipinski definition) is 0. The number of alkyl halides is 3. The van der Waals surface area contributed by atoms with Crippen LogP contribution in [0.2, 0.25) is 0 Å². The summed E-state index contributed by atoms with van der Waals surface area (Å²) < 4.78 is 62.0. The first-order chi connectivity index (χ1) is 10.2. The molecule has 0 N–H and O–H groups in total. The summed E-state index contributed by atoms with van der Waals surface area (Å²) in [6, 6.07) is 1.04. The van der Waals surface area contributed by atoms with E-state index in [1.54, 1.807) is 0 Å². The van der Waals surface area contributed by atoms with E-state index in [1.165, 1.54) is 14.0 Å². The molecule has 0 fully saturated rings. The molecule has 22 heavy (non-hydrogen) atoms. The minimum atomic E-state index is -4.91. The second kappa shape index (κ2) is 7.35. The summed E-state index contributed by atoms with van der Waals surface area (Å²) >= 11 is 0. The van der Waals surface area contributed by atoms with Crippen LogP contribution in [0.5, 0.6) is 0 Å². The lowest BCUT2D eigenvalue weighted by Gasteiger charge is -2.16. The first-order valence-corrected chi connectivity index (χ1v) is 6.33. The molecule has 0 bridgehead atoms. The van der Waals surface area contributed by atoms with Gasteiger partial charge in [0.25, 0.3) is 5.78 Å². The maximum atomic E-state index is 13.8. The van der Waals surface area contributed by atoms with Crippen LogP contribution < -0.4 is 0 Å². The van der Waals surface area contributed by atoms with Crippen molar-refractivity contribution in [2.45, 2.75) is 19.5 Å². The van der Waals surface area contributed by atoms with Crippen molar-refractivity contribution in [3.05, 3.63) is 34.6 Å². The molecule has 122 valence electrons. The third-order valence-corrected chi connectivity index (χ3v) is 2.81. The van der Waals surface area contributed by atoms with Gasteiger partial charge in [0.15, 0.2) is 0 Å². The number of hydrogen-bond acceptors (Lipinski definition) is 4. The highest BCUT2D eigenvalue weighted by molar-refractivity contribution is 6.41. The molecular weight excluding hydrogens is 308 g/mol. The van der Waals surface area contributed by atoms with Gasteiger partial charge in [0.2, 0.25) is 0 Å². The Labute approximate surface area is 124 Å². The van der Waals surface area contributed by atoms with Crippen LogP contribution in [-0.4, -0.2) is 32.1 Å². The zero-order valence-corrected chi connectivity index (χ0v) is 11.9. The highest BCUT2D eigenvalue weighted by Crippen LogP contribution is 2.35. The SMILES string of the molecule is CCOC(=O)C(=O)c1c(C(F)(F)F)ccc(F)c1CCOC. The maximum absolute atomic E-state index is 13.8. The molecule has 0 saturated heterocycles. The molecule has 0 aliphatic heterocycles. The average Bonchev–Trinajstić information content (AvgIpc) is 2.43. The quantitative estimate of drug-likeness (QED) is 0.350. The van der Waals surface area contributed by atoms with Gasteiger partial charge in [-0.15, -0.1) is 0 Å². The van der Waals surface area contributed by atoms with Crippen LogP contribution in [0.15, 0.2) is 12.1 Å². The van der Waals surface area contributed by atoms with Gasteiger partial charge in [0.1, 0.15) is 5.82 Å². The number of carbonyl (C=O) groups excluding carboxylic acids is 2. The second-order valence-electron chi connectivity index (χ2n) is 4.24. The molecule has 1 aromatic rings. The molecule has 1 aromatic carbocycles. The highest BCUT2D eigenvalue weighted by atomic mass is 19.4. The normalized spacial score (nSPS) is 11.4. The van der Waals surface area contributed by atoms with E-state index in [4.69, 9.17) is 4.74 Å². The van der Waals surface area contributed by atoms with E-state index in [-0.39, 0.29) is 19.6 Å². The molecule has 1 rings (SSSR count). The summed E-state index contributed by atoms with van der Waals surface area (Å²) in [5.74, 6) is -4.00. The summed E-state index contributed by atoms with van der Waals surface area (Å²) in [7, 11) is 1.28. The van der Waals surface area contributed by atoms with Crippen molar-refractivity contribution in [1.82, 2.24) is 0 Å². The third kappa shape index (κ3) is 4.03. The van der Waals surface area contributed by atoms with Crippen LogP contribution in [0, 0.1) is 5.82 Å². The lowest BCUT2D eigenvalue weighted by atomic mass is 9.94. The van der Waals surface area contributed by atoms with E-state index in [2.05, 4.69) is 4.74 Å². The summed E-state index contributed by atoms with van der Waals surface area (Å²) in [5, 5.41) is 0. The molecule has 0 spiro atoms. The first-order valence-electron chi connectivity index (χ1n) is 6.33. The first kappa shape index (κ1) is 18.1. The predicted octanol–water partition coefficient (Wildman–Crippen LogP) is 2.78. The van der Waals surface area contributed by atoms with Crippen LogP contribution in [0.4, 0.5) is 17.6 Å². The summed E-state index contributed by atoms with van der Waals surface area (Å²) in [4.78, 5) is 23.4. The molecule has 0 unspecified atom stereocenters. The predicted molar refractivity (Wildman–Crippen MR) is 67.9 cm³/mol. The van der Waals surface area contributed by atoms with Gasteiger partial charge in [0, 0.05) is 18.2 Å². The molecule has 0 saturated carbocycles. The van der Waals surface area contributed by atoms with Gasteiger partial charge in [-0.05, 0) is 25.5 Å². The fourth-order valence-electron chi connectivity index (χ4n) is 1.87. The molecule has 0 atom stereocenters. The topological polar surface area (TPSA) is 52.6 Å². The third-order valence-electron chi connectivity index (χ3n) is 2.81. The molecule has 4 nitrogen and oxygen atoms in total. The van der Waals surface area contributed by atoms with Gasteiger partial charge >= 0.3 is 12.1 Å². The van der Waals surface area contributed by atoms with E-state index >= 15 is 0 Å². The number of benzene rings is 1. The Hall–Kier alpha value is -1.96. The van der Waals surface area contributed by atoms with Gasteiger partial charge in [-0.25, -0.2) is 9.18 Å². The molecule has 0 aliphatic carbocycles. The number of methoxy groups -OCH3 is 1. The van der Waals surface area contributed by atoms with Crippen LogP contribution in [0.3, 0.4) is 0 Å². The molecule has 0 heterocycles. The maximum Gasteiger partial charge on any atom is 0.417 e. The number of Topliss-reactive ketones (excluding diaryl/α,β-unsaturated/α-hetero) is 1. The van der Waals surface area contributed by atoms with E-state index in [0.717, 1.165) is 0 Å². The Morgan fingerprint density at radius 3 is 2.36 bits per heavy atom. The number of ether oxygens (including phenoxy) is 2. The molecule has 0 radical (unpaired) electrons. The van der Waals surface area contributed by atoms with Crippen molar-refractivity contribution >= 4 is 11.8 Å². The van der Waals surface area contributed by atoms with E-state index < -0.39 is 40.4 Å². The van der Waals surface area contributed by atoms with Crippen molar-refractivity contribution < 1.29 is 36.6 Å². The molecule has 0 amide bonds. The molecule has 0 aromatic heterocycles. The number of carbonyl (C=O) groups is 2. The average molecular weight is 322 g/mol. The van der Waals surface area contributed by atoms with E-state index in [0.29, 0.717) is 12.1 Å². The van der Waals surface area contributed by atoms with Crippen molar-refractivity contribution in [2.24, 2.45) is 0 Å². The van der Waals surface area contributed by atoms with Crippen LogP contribution in [0.1, 0.15) is 28.4 Å². The summed E-state index contributed by atoms with van der Waals surface area (Å²) in [6.45, 7) is 1.10. The van der Waals surface area contributed by atoms with Crippen LogP contribution >= 0.6 is 0 Å². The van der Waals surface area contributed by atoms with Crippen molar-refractivity contribution in [3.63, 3.8) is 0 Å². The monoisotopic (exact) mass is 322 g/mol. The van der Waals surface area contributed by atoms with Crippen LogP contribution in [0.25, 0.3) is 0 Å². The highest BCUT2D eigenvalue weighted by Gasteiger charge is 2.39. The number of esters is 1. The Morgan fingerprint density at radius 1 is 1.23 bits per heavy atom. The summed E-state index contributed by atoms with van der Waals surface area (Å²) in [6.07, 6.45) is -5.19. The zero-order valence-electron chi connectivity index (χ0n) is 11.9.